The summed E-state index contributed by atoms with van der Waals surface area (Å²) in [6, 6.07) is 8.26. The summed E-state index contributed by atoms with van der Waals surface area (Å²) in [6.07, 6.45) is 5.30. The first-order chi connectivity index (χ1) is 10.2. The molecular formula is C17H29N3O. The summed E-state index contributed by atoms with van der Waals surface area (Å²) in [5.74, 6) is 4.95. The Labute approximate surface area is 128 Å². The summed E-state index contributed by atoms with van der Waals surface area (Å²) in [7, 11) is 0. The topological polar surface area (TPSA) is 58.4 Å². The van der Waals surface area contributed by atoms with Crippen molar-refractivity contribution < 1.29 is 4.79 Å². The number of nitrogens with zero attached hydrogens (tertiary/aromatic N) is 1. The maximum Gasteiger partial charge on any atom is 0.238 e. The molecule has 0 saturated heterocycles. The zero-order valence-electron chi connectivity index (χ0n) is 13.4. The van der Waals surface area contributed by atoms with Crippen LogP contribution in [-0.2, 0) is 17.8 Å². The van der Waals surface area contributed by atoms with Crippen molar-refractivity contribution in [2.45, 2.75) is 52.5 Å². The molecule has 118 valence electrons. The number of carbonyl (C=O) groups excluding carboxylic acids is 1. The third kappa shape index (κ3) is 7.25. The van der Waals surface area contributed by atoms with E-state index < -0.39 is 0 Å². The van der Waals surface area contributed by atoms with Crippen LogP contribution in [0.4, 0.5) is 0 Å². The van der Waals surface area contributed by atoms with Crippen LogP contribution in [0.2, 0.25) is 0 Å². The van der Waals surface area contributed by atoms with Crippen molar-refractivity contribution >= 4 is 5.91 Å². The summed E-state index contributed by atoms with van der Waals surface area (Å²) in [4.78, 5) is 13.8. The predicted octanol–water partition coefficient (Wildman–Crippen LogP) is 2.62. The van der Waals surface area contributed by atoms with Crippen LogP contribution in [0.25, 0.3) is 0 Å². The standard InChI is InChI=1S/C17H29N3O/c1-3-5-11-20(12-6-4-2)14-16-9-7-15(8-10-16)13-17(21)19-18/h7-10H,3-6,11-14,18H2,1-2H3,(H,19,21). The number of hydrogen-bond donors (Lipinski definition) is 2. The van der Waals surface area contributed by atoms with Crippen molar-refractivity contribution in [3.05, 3.63) is 35.4 Å². The number of benzene rings is 1. The third-order valence-corrected chi connectivity index (χ3v) is 3.61. The number of nitrogens with one attached hydrogen (secondary N) is 1. The maximum absolute atomic E-state index is 11.2. The number of hydrazine groups is 1. The van der Waals surface area contributed by atoms with E-state index in [1.807, 2.05) is 12.1 Å². The van der Waals surface area contributed by atoms with Gasteiger partial charge in [0, 0.05) is 6.54 Å². The van der Waals surface area contributed by atoms with E-state index >= 15 is 0 Å². The first-order valence-corrected chi connectivity index (χ1v) is 7.99. The van der Waals surface area contributed by atoms with Gasteiger partial charge in [-0.15, -0.1) is 0 Å². The largest absolute Gasteiger partial charge is 0.299 e. The quantitative estimate of drug-likeness (QED) is 0.396. The van der Waals surface area contributed by atoms with E-state index in [9.17, 15) is 4.79 Å². The van der Waals surface area contributed by atoms with Crippen molar-refractivity contribution in [1.29, 1.82) is 0 Å². The molecule has 4 nitrogen and oxygen atoms in total. The van der Waals surface area contributed by atoms with E-state index in [0.29, 0.717) is 6.42 Å². The Morgan fingerprint density at radius 1 is 1.05 bits per heavy atom. The highest BCUT2D eigenvalue weighted by Gasteiger charge is 2.06. The average molecular weight is 291 g/mol. The zero-order chi connectivity index (χ0) is 15.5. The van der Waals surface area contributed by atoms with E-state index in [1.165, 1.54) is 31.2 Å². The summed E-state index contributed by atoms with van der Waals surface area (Å²) in [5, 5.41) is 0. The molecule has 0 atom stereocenters. The Kier molecular flexibility index (Phi) is 8.71. The van der Waals surface area contributed by atoms with Crippen LogP contribution >= 0.6 is 0 Å². The fourth-order valence-corrected chi connectivity index (χ4v) is 2.29. The molecule has 0 spiro atoms. The van der Waals surface area contributed by atoms with E-state index in [-0.39, 0.29) is 5.91 Å². The molecular weight excluding hydrogens is 262 g/mol. The van der Waals surface area contributed by atoms with Crippen LogP contribution in [0.1, 0.15) is 50.7 Å². The molecule has 0 aliphatic carbocycles. The third-order valence-electron chi connectivity index (χ3n) is 3.61. The van der Waals surface area contributed by atoms with Crippen LogP contribution in [0.5, 0.6) is 0 Å². The van der Waals surface area contributed by atoms with Gasteiger partial charge in [-0.2, -0.15) is 0 Å². The van der Waals surface area contributed by atoms with Gasteiger partial charge in [0.2, 0.25) is 5.91 Å². The van der Waals surface area contributed by atoms with Crippen LogP contribution in [-0.4, -0.2) is 23.9 Å². The summed E-state index contributed by atoms with van der Waals surface area (Å²) >= 11 is 0. The van der Waals surface area contributed by atoms with Gasteiger partial charge >= 0.3 is 0 Å². The van der Waals surface area contributed by atoms with E-state index in [2.05, 4.69) is 36.3 Å². The van der Waals surface area contributed by atoms with E-state index in [1.54, 1.807) is 0 Å². The van der Waals surface area contributed by atoms with Crippen molar-refractivity contribution in [1.82, 2.24) is 10.3 Å². The first-order valence-electron chi connectivity index (χ1n) is 7.99. The van der Waals surface area contributed by atoms with Crippen molar-refractivity contribution in [3.8, 4) is 0 Å². The molecule has 3 N–H and O–H groups in total. The highest BCUT2D eigenvalue weighted by atomic mass is 16.2. The van der Waals surface area contributed by atoms with Gasteiger partial charge in [-0.25, -0.2) is 5.84 Å². The van der Waals surface area contributed by atoms with Gasteiger partial charge in [-0.05, 0) is 37.1 Å². The highest BCUT2D eigenvalue weighted by Crippen LogP contribution is 2.10. The molecule has 0 heterocycles. The number of rotatable bonds is 10. The Balaban J connectivity index is 2.55. The second kappa shape index (κ2) is 10.4. The monoisotopic (exact) mass is 291 g/mol. The lowest BCUT2D eigenvalue weighted by molar-refractivity contribution is -0.120. The van der Waals surface area contributed by atoms with Crippen molar-refractivity contribution in [2.75, 3.05) is 13.1 Å². The van der Waals surface area contributed by atoms with E-state index in [4.69, 9.17) is 5.84 Å². The summed E-state index contributed by atoms with van der Waals surface area (Å²) in [5.41, 5.74) is 4.46. The molecule has 0 radical (unpaired) electrons. The number of nitrogens with two attached hydrogens (primary N) is 1. The number of carbonyl (C=O) groups is 1. The minimum absolute atomic E-state index is 0.157. The summed E-state index contributed by atoms with van der Waals surface area (Å²) < 4.78 is 0. The lowest BCUT2D eigenvalue weighted by Gasteiger charge is -2.22. The van der Waals surface area contributed by atoms with E-state index in [0.717, 1.165) is 25.2 Å². The molecule has 1 aromatic rings. The van der Waals surface area contributed by atoms with Crippen LogP contribution in [0.3, 0.4) is 0 Å². The summed E-state index contributed by atoms with van der Waals surface area (Å²) in [6.45, 7) is 7.77. The highest BCUT2D eigenvalue weighted by molar-refractivity contribution is 5.77. The molecule has 0 aliphatic heterocycles. The second-order valence-corrected chi connectivity index (χ2v) is 5.54. The Morgan fingerprint density at radius 3 is 2.05 bits per heavy atom. The molecule has 21 heavy (non-hydrogen) atoms. The Morgan fingerprint density at radius 2 is 1.57 bits per heavy atom. The van der Waals surface area contributed by atoms with Crippen LogP contribution < -0.4 is 11.3 Å². The zero-order valence-corrected chi connectivity index (χ0v) is 13.4. The van der Waals surface area contributed by atoms with Gasteiger partial charge in [0.1, 0.15) is 0 Å². The molecule has 0 aliphatic rings. The fraction of sp³-hybridized carbons (Fsp3) is 0.588. The van der Waals surface area contributed by atoms with Crippen molar-refractivity contribution in [3.63, 3.8) is 0 Å². The number of unbranched alkanes of at least 4 members (excludes halogenated alkanes) is 2. The van der Waals surface area contributed by atoms with Crippen molar-refractivity contribution in [2.24, 2.45) is 5.84 Å². The molecule has 1 amide bonds. The minimum atomic E-state index is -0.157. The lowest BCUT2D eigenvalue weighted by Crippen LogP contribution is -2.31. The van der Waals surface area contributed by atoms with Gasteiger partial charge in [0.05, 0.1) is 6.42 Å². The Hall–Kier alpha value is -1.39. The molecule has 0 bridgehead atoms. The number of hydrogen-bond acceptors (Lipinski definition) is 3. The molecule has 1 aromatic carbocycles. The molecule has 0 fully saturated rings. The maximum atomic E-state index is 11.2. The number of amides is 1. The molecule has 0 unspecified atom stereocenters. The lowest BCUT2D eigenvalue weighted by atomic mass is 10.1. The molecule has 1 rings (SSSR count). The second-order valence-electron chi connectivity index (χ2n) is 5.54. The normalized spacial score (nSPS) is 10.9. The fourth-order valence-electron chi connectivity index (χ4n) is 2.29. The van der Waals surface area contributed by atoms with Gasteiger partial charge in [-0.3, -0.25) is 15.1 Å². The van der Waals surface area contributed by atoms with Crippen LogP contribution in [0, 0.1) is 0 Å². The minimum Gasteiger partial charge on any atom is -0.299 e. The predicted molar refractivity (Wildman–Crippen MR) is 87.6 cm³/mol. The van der Waals surface area contributed by atoms with Gasteiger partial charge in [0.25, 0.3) is 0 Å². The van der Waals surface area contributed by atoms with Gasteiger partial charge in [0.15, 0.2) is 0 Å². The Bertz CT molecular complexity index is 395. The van der Waals surface area contributed by atoms with Crippen LogP contribution in [0.15, 0.2) is 24.3 Å². The van der Waals surface area contributed by atoms with Gasteiger partial charge < -0.3 is 0 Å². The average Bonchev–Trinajstić information content (AvgIpc) is 2.51. The molecule has 0 aromatic heterocycles. The molecule has 0 saturated carbocycles. The first kappa shape index (κ1) is 17.7. The molecule has 4 heteroatoms. The SMILES string of the molecule is CCCCN(CCCC)Cc1ccc(CC(=O)NN)cc1. The smallest absolute Gasteiger partial charge is 0.238 e. The van der Waals surface area contributed by atoms with Gasteiger partial charge in [-0.1, -0.05) is 51.0 Å².